The first-order chi connectivity index (χ1) is 12.7. The van der Waals surface area contributed by atoms with Crippen molar-refractivity contribution in [3.63, 3.8) is 0 Å². The van der Waals surface area contributed by atoms with Crippen LogP contribution < -0.4 is 14.8 Å². The Morgan fingerprint density at radius 3 is 2.77 bits per heavy atom. The van der Waals surface area contributed by atoms with E-state index in [4.69, 9.17) is 9.47 Å². The topological polar surface area (TPSA) is 73.3 Å². The summed E-state index contributed by atoms with van der Waals surface area (Å²) in [5, 5.41) is 5.73. The highest BCUT2D eigenvalue weighted by atomic mass is 32.1. The molecule has 0 fully saturated rings. The second-order valence-corrected chi connectivity index (χ2v) is 6.39. The highest BCUT2D eigenvalue weighted by molar-refractivity contribution is 7.13. The van der Waals surface area contributed by atoms with E-state index in [1.807, 2.05) is 29.6 Å². The van der Waals surface area contributed by atoms with Gasteiger partial charge in [0.05, 0.1) is 32.9 Å². The average molecular weight is 369 g/mol. The first-order valence-corrected chi connectivity index (χ1v) is 8.90. The van der Waals surface area contributed by atoms with Gasteiger partial charge in [0, 0.05) is 23.3 Å². The van der Waals surface area contributed by atoms with Crippen LogP contribution in [-0.4, -0.2) is 30.1 Å². The minimum absolute atomic E-state index is 0.0758. The maximum Gasteiger partial charge on any atom is 0.224 e. The number of hydrogen-bond donors (Lipinski definition) is 1. The number of hydrogen-bond acceptors (Lipinski definition) is 6. The number of amides is 1. The number of ether oxygens (including phenoxy) is 2. The second-order valence-electron chi connectivity index (χ2n) is 5.53. The molecule has 6 nitrogen and oxygen atoms in total. The van der Waals surface area contributed by atoms with E-state index in [-0.39, 0.29) is 12.3 Å². The van der Waals surface area contributed by atoms with Crippen LogP contribution in [0.25, 0.3) is 10.6 Å². The third-order valence-electron chi connectivity index (χ3n) is 3.74. The summed E-state index contributed by atoms with van der Waals surface area (Å²) in [7, 11) is 3.15. The van der Waals surface area contributed by atoms with Crippen LogP contribution in [0.3, 0.4) is 0 Å². The molecule has 0 radical (unpaired) electrons. The average Bonchev–Trinajstić information content (AvgIpc) is 3.16. The molecular weight excluding hydrogens is 350 g/mol. The molecule has 3 rings (SSSR count). The third kappa shape index (κ3) is 4.37. The Bertz CT molecular complexity index is 881. The van der Waals surface area contributed by atoms with Gasteiger partial charge in [-0.3, -0.25) is 9.78 Å². The molecule has 0 bridgehead atoms. The smallest absolute Gasteiger partial charge is 0.224 e. The van der Waals surface area contributed by atoms with Crippen LogP contribution in [-0.2, 0) is 17.8 Å². The fourth-order valence-corrected chi connectivity index (χ4v) is 3.25. The van der Waals surface area contributed by atoms with Crippen LogP contribution in [0, 0.1) is 0 Å². The molecule has 26 heavy (non-hydrogen) atoms. The molecule has 1 N–H and O–H groups in total. The predicted octanol–water partition coefficient (Wildman–Crippen LogP) is 3.08. The van der Waals surface area contributed by atoms with Crippen molar-refractivity contribution in [2.75, 3.05) is 14.2 Å². The van der Waals surface area contributed by atoms with Gasteiger partial charge in [0.25, 0.3) is 0 Å². The summed E-state index contributed by atoms with van der Waals surface area (Å²) in [6.07, 6.45) is 3.77. The van der Waals surface area contributed by atoms with E-state index in [1.54, 1.807) is 32.7 Å². The van der Waals surface area contributed by atoms with Gasteiger partial charge < -0.3 is 14.8 Å². The van der Waals surface area contributed by atoms with Gasteiger partial charge in [-0.05, 0) is 29.8 Å². The number of thiazole rings is 1. The van der Waals surface area contributed by atoms with E-state index in [0.29, 0.717) is 18.0 Å². The van der Waals surface area contributed by atoms with Gasteiger partial charge in [-0.2, -0.15) is 0 Å². The number of methoxy groups -OCH3 is 2. The Morgan fingerprint density at radius 1 is 1.19 bits per heavy atom. The number of carbonyl (C=O) groups is 1. The molecular formula is C19H19N3O3S. The molecule has 7 heteroatoms. The van der Waals surface area contributed by atoms with Crippen LogP contribution in [0.4, 0.5) is 0 Å². The Morgan fingerprint density at radius 2 is 2.04 bits per heavy atom. The van der Waals surface area contributed by atoms with Crippen molar-refractivity contribution in [3.8, 4) is 22.1 Å². The van der Waals surface area contributed by atoms with Gasteiger partial charge >= 0.3 is 0 Å². The molecule has 0 aliphatic carbocycles. The third-order valence-corrected chi connectivity index (χ3v) is 4.68. The van der Waals surface area contributed by atoms with E-state index >= 15 is 0 Å². The number of nitrogens with zero attached hydrogens (tertiary/aromatic N) is 2. The van der Waals surface area contributed by atoms with Gasteiger partial charge in [0.1, 0.15) is 5.01 Å². The fourth-order valence-electron chi connectivity index (χ4n) is 2.44. The first kappa shape index (κ1) is 17.9. The Hall–Kier alpha value is -2.93. The van der Waals surface area contributed by atoms with Gasteiger partial charge in [-0.1, -0.05) is 6.07 Å². The van der Waals surface area contributed by atoms with Crippen molar-refractivity contribution in [2.45, 2.75) is 13.0 Å². The molecule has 0 saturated heterocycles. The monoisotopic (exact) mass is 369 g/mol. The van der Waals surface area contributed by atoms with Gasteiger partial charge in [0.15, 0.2) is 11.5 Å². The summed E-state index contributed by atoms with van der Waals surface area (Å²) in [4.78, 5) is 20.8. The molecule has 134 valence electrons. The minimum atomic E-state index is -0.0758. The normalized spacial score (nSPS) is 10.4. The van der Waals surface area contributed by atoms with Crippen molar-refractivity contribution < 1.29 is 14.3 Å². The number of rotatable bonds is 7. The van der Waals surface area contributed by atoms with E-state index in [2.05, 4.69) is 15.3 Å². The van der Waals surface area contributed by atoms with Crippen molar-refractivity contribution >= 4 is 17.2 Å². The molecule has 1 amide bonds. The SMILES string of the molecule is COc1ccc(CC(=O)NCc2csc(-c3cccnc3)n2)cc1OC. The molecule has 3 aromatic rings. The fraction of sp³-hybridized carbons (Fsp3) is 0.211. The maximum atomic E-state index is 12.2. The molecule has 2 aromatic heterocycles. The molecule has 1 aromatic carbocycles. The van der Waals surface area contributed by atoms with E-state index in [9.17, 15) is 4.79 Å². The van der Waals surface area contributed by atoms with Crippen LogP contribution in [0.5, 0.6) is 11.5 Å². The second kappa shape index (κ2) is 8.44. The molecule has 0 aliphatic rings. The van der Waals surface area contributed by atoms with E-state index < -0.39 is 0 Å². The molecule has 2 heterocycles. The van der Waals surface area contributed by atoms with Crippen LogP contribution in [0.1, 0.15) is 11.3 Å². The van der Waals surface area contributed by atoms with Crippen molar-refractivity contribution in [2.24, 2.45) is 0 Å². The van der Waals surface area contributed by atoms with Crippen LogP contribution in [0.15, 0.2) is 48.1 Å². The molecule has 0 unspecified atom stereocenters. The van der Waals surface area contributed by atoms with Gasteiger partial charge in [-0.15, -0.1) is 11.3 Å². The lowest BCUT2D eigenvalue weighted by Crippen LogP contribution is -2.24. The lowest BCUT2D eigenvalue weighted by Gasteiger charge is -2.09. The van der Waals surface area contributed by atoms with Gasteiger partial charge in [0.2, 0.25) is 5.91 Å². The first-order valence-electron chi connectivity index (χ1n) is 8.02. The quantitative estimate of drug-likeness (QED) is 0.693. The molecule has 0 spiro atoms. The Labute approximate surface area is 155 Å². The largest absolute Gasteiger partial charge is 0.493 e. The Balaban J connectivity index is 1.57. The van der Waals surface area contributed by atoms with Crippen LogP contribution in [0.2, 0.25) is 0 Å². The Kier molecular flexibility index (Phi) is 5.80. The summed E-state index contributed by atoms with van der Waals surface area (Å²) < 4.78 is 10.5. The van der Waals surface area contributed by atoms with Crippen molar-refractivity contribution in [1.82, 2.24) is 15.3 Å². The molecule has 0 saturated carbocycles. The maximum absolute atomic E-state index is 12.2. The highest BCUT2D eigenvalue weighted by Crippen LogP contribution is 2.27. The van der Waals surface area contributed by atoms with Crippen molar-refractivity contribution in [1.29, 1.82) is 0 Å². The molecule has 0 aliphatic heterocycles. The van der Waals surface area contributed by atoms with Crippen LogP contribution >= 0.6 is 11.3 Å². The highest BCUT2D eigenvalue weighted by Gasteiger charge is 2.10. The predicted molar refractivity (Wildman–Crippen MR) is 100 cm³/mol. The zero-order valence-electron chi connectivity index (χ0n) is 14.6. The summed E-state index contributed by atoms with van der Waals surface area (Å²) in [5.41, 5.74) is 2.66. The number of carbonyl (C=O) groups excluding carboxylic acids is 1. The van der Waals surface area contributed by atoms with E-state index in [1.165, 1.54) is 11.3 Å². The lowest BCUT2D eigenvalue weighted by atomic mass is 10.1. The summed E-state index contributed by atoms with van der Waals surface area (Å²) in [6.45, 7) is 0.392. The number of pyridine rings is 1. The molecule has 0 atom stereocenters. The van der Waals surface area contributed by atoms with Gasteiger partial charge in [-0.25, -0.2) is 4.98 Å². The van der Waals surface area contributed by atoms with E-state index in [0.717, 1.165) is 21.8 Å². The zero-order chi connectivity index (χ0) is 18.4. The number of nitrogens with one attached hydrogen (secondary N) is 1. The summed E-state index contributed by atoms with van der Waals surface area (Å²) in [6, 6.07) is 9.29. The number of benzene rings is 1. The minimum Gasteiger partial charge on any atom is -0.493 e. The zero-order valence-corrected chi connectivity index (χ0v) is 15.4. The lowest BCUT2D eigenvalue weighted by molar-refractivity contribution is -0.120. The summed E-state index contributed by atoms with van der Waals surface area (Å²) >= 11 is 1.53. The summed E-state index contributed by atoms with van der Waals surface area (Å²) in [5.74, 6) is 1.17. The standard InChI is InChI=1S/C19H19N3O3S/c1-24-16-6-5-13(8-17(16)25-2)9-18(23)21-11-15-12-26-19(22-15)14-4-3-7-20-10-14/h3-8,10,12H,9,11H2,1-2H3,(H,21,23). The van der Waals surface area contributed by atoms with Crippen molar-refractivity contribution in [3.05, 3.63) is 59.4 Å². The number of aromatic nitrogens is 2.